The van der Waals surface area contributed by atoms with Gasteiger partial charge in [0.25, 0.3) is 0 Å². The molecule has 0 atom stereocenters. The van der Waals surface area contributed by atoms with Crippen LogP contribution in [-0.4, -0.2) is 44.8 Å². The predicted molar refractivity (Wildman–Crippen MR) is 131 cm³/mol. The molecular weight excluding hydrogens is 458 g/mol. The lowest BCUT2D eigenvalue weighted by molar-refractivity contribution is -0.118. The average molecular weight is 488 g/mol. The van der Waals surface area contributed by atoms with E-state index < -0.39 is 10.0 Å². The normalized spacial score (nSPS) is 15.8. The minimum Gasteiger partial charge on any atom is -0.495 e. The molecule has 176 valence electrons. The van der Waals surface area contributed by atoms with Gasteiger partial charge in [0.2, 0.25) is 15.9 Å². The Labute approximate surface area is 198 Å². The summed E-state index contributed by atoms with van der Waals surface area (Å²) in [6.07, 6.45) is 5.27. The Morgan fingerprint density at radius 1 is 1.18 bits per heavy atom. The molecule has 1 aliphatic rings. The Balaban J connectivity index is 1.55. The minimum absolute atomic E-state index is 0.105. The van der Waals surface area contributed by atoms with E-state index in [1.165, 1.54) is 33.3 Å². The van der Waals surface area contributed by atoms with Crippen LogP contribution in [0.1, 0.15) is 37.1 Å². The zero-order valence-electron chi connectivity index (χ0n) is 19.1. The second-order valence-electron chi connectivity index (χ2n) is 8.83. The minimum atomic E-state index is -3.63. The molecular formula is C24H29N3O4S2. The Morgan fingerprint density at radius 3 is 2.58 bits per heavy atom. The quantitative estimate of drug-likeness (QED) is 0.498. The highest BCUT2D eigenvalue weighted by Gasteiger charge is 2.37. The van der Waals surface area contributed by atoms with Crippen LogP contribution in [0, 0.1) is 5.41 Å². The molecule has 7 nitrogen and oxygen atoms in total. The first-order chi connectivity index (χ1) is 15.7. The molecule has 1 fully saturated rings. The number of nitrogens with zero attached hydrogens (tertiary/aromatic N) is 2. The molecule has 1 aliphatic carbocycles. The van der Waals surface area contributed by atoms with Crippen molar-refractivity contribution in [1.82, 2.24) is 9.29 Å². The fraction of sp³-hybridized carbons (Fsp3) is 0.417. The third-order valence-corrected chi connectivity index (χ3v) is 9.14. The number of fused-ring (bicyclic) bond motifs is 1. The highest BCUT2D eigenvalue weighted by atomic mass is 32.2. The van der Waals surface area contributed by atoms with E-state index in [1.54, 1.807) is 17.4 Å². The molecule has 0 aliphatic heterocycles. The van der Waals surface area contributed by atoms with Gasteiger partial charge in [-0.05, 0) is 48.6 Å². The van der Waals surface area contributed by atoms with Gasteiger partial charge >= 0.3 is 0 Å². The maximum Gasteiger partial charge on any atom is 0.242 e. The number of carbonyl (C=O) groups is 1. The molecule has 1 saturated carbocycles. The molecule has 1 N–H and O–H groups in total. The van der Waals surface area contributed by atoms with Crippen molar-refractivity contribution in [2.75, 3.05) is 26.5 Å². The lowest BCUT2D eigenvalue weighted by Crippen LogP contribution is -2.27. The number of benzene rings is 2. The number of rotatable bonds is 8. The Hall–Kier alpha value is -2.49. The number of ether oxygens (including phenoxy) is 1. The molecule has 33 heavy (non-hydrogen) atoms. The summed E-state index contributed by atoms with van der Waals surface area (Å²) < 4.78 is 32.8. The van der Waals surface area contributed by atoms with Crippen molar-refractivity contribution in [1.29, 1.82) is 0 Å². The van der Waals surface area contributed by atoms with E-state index in [0.29, 0.717) is 17.9 Å². The van der Waals surface area contributed by atoms with Crippen molar-refractivity contribution >= 4 is 43.2 Å². The molecule has 2 aromatic carbocycles. The maximum absolute atomic E-state index is 13.2. The maximum atomic E-state index is 13.2. The van der Waals surface area contributed by atoms with Gasteiger partial charge in [0, 0.05) is 26.9 Å². The van der Waals surface area contributed by atoms with E-state index in [-0.39, 0.29) is 16.2 Å². The van der Waals surface area contributed by atoms with E-state index in [2.05, 4.69) is 11.4 Å². The summed E-state index contributed by atoms with van der Waals surface area (Å²) in [6.45, 7) is 0. The molecule has 0 unspecified atom stereocenters. The van der Waals surface area contributed by atoms with Crippen molar-refractivity contribution in [2.45, 2.75) is 43.4 Å². The second-order valence-corrected chi connectivity index (χ2v) is 12.1. The fourth-order valence-electron chi connectivity index (χ4n) is 4.55. The van der Waals surface area contributed by atoms with Gasteiger partial charge in [-0.15, -0.1) is 11.3 Å². The van der Waals surface area contributed by atoms with Gasteiger partial charge in [0.05, 0.1) is 32.9 Å². The van der Waals surface area contributed by atoms with Crippen LogP contribution in [0.5, 0.6) is 5.75 Å². The zero-order chi connectivity index (χ0) is 23.6. The lowest BCUT2D eigenvalue weighted by Gasteiger charge is -2.27. The first-order valence-electron chi connectivity index (χ1n) is 11.0. The zero-order valence-corrected chi connectivity index (χ0v) is 20.8. The third-order valence-electron chi connectivity index (χ3n) is 6.29. The van der Waals surface area contributed by atoms with E-state index in [4.69, 9.17) is 9.72 Å². The summed E-state index contributed by atoms with van der Waals surface area (Å²) in [5.41, 5.74) is 1.22. The van der Waals surface area contributed by atoms with Gasteiger partial charge in [-0.1, -0.05) is 25.0 Å². The standard InChI is InChI=1S/C24H29N3O4S2/c1-27(2)33(29,30)17-10-11-20(31-3)19(14-17)25-22(28)15-24(12-6-7-13-24)16-23-26-18-8-4-5-9-21(18)32-23/h4-5,8-11,14H,6-7,12-13,15-16H2,1-3H3,(H,25,28). The molecule has 9 heteroatoms. The first-order valence-corrected chi connectivity index (χ1v) is 13.2. The van der Waals surface area contributed by atoms with Gasteiger partial charge in [0.15, 0.2) is 0 Å². The van der Waals surface area contributed by atoms with Gasteiger partial charge in [0.1, 0.15) is 5.75 Å². The summed E-state index contributed by atoms with van der Waals surface area (Å²) in [5, 5.41) is 3.97. The summed E-state index contributed by atoms with van der Waals surface area (Å²) in [6, 6.07) is 12.6. The van der Waals surface area contributed by atoms with Crippen molar-refractivity contribution in [3.05, 3.63) is 47.5 Å². The largest absolute Gasteiger partial charge is 0.495 e. The van der Waals surface area contributed by atoms with Crippen LogP contribution in [0.25, 0.3) is 10.2 Å². The smallest absolute Gasteiger partial charge is 0.242 e. The monoisotopic (exact) mass is 487 g/mol. The van der Waals surface area contributed by atoms with Crippen LogP contribution in [-0.2, 0) is 21.2 Å². The number of methoxy groups -OCH3 is 1. The number of thiazole rings is 1. The van der Waals surface area contributed by atoms with Crippen molar-refractivity contribution in [3.8, 4) is 5.75 Å². The molecule has 0 spiro atoms. The number of anilines is 1. The van der Waals surface area contributed by atoms with Crippen LogP contribution in [0.15, 0.2) is 47.4 Å². The summed E-state index contributed by atoms with van der Waals surface area (Å²) in [4.78, 5) is 18.1. The van der Waals surface area contributed by atoms with E-state index >= 15 is 0 Å². The summed E-state index contributed by atoms with van der Waals surface area (Å²) in [7, 11) is 0.820. The SMILES string of the molecule is COc1ccc(S(=O)(=O)N(C)C)cc1NC(=O)CC1(Cc2nc3ccccc3s2)CCCC1. The van der Waals surface area contributed by atoms with E-state index in [9.17, 15) is 13.2 Å². The number of sulfonamides is 1. The molecule has 1 aromatic heterocycles. The van der Waals surface area contributed by atoms with E-state index in [1.807, 2.05) is 18.2 Å². The van der Waals surface area contributed by atoms with E-state index in [0.717, 1.165) is 51.6 Å². The molecule has 0 bridgehead atoms. The number of carbonyl (C=O) groups excluding carboxylic acids is 1. The molecule has 0 saturated heterocycles. The van der Waals surface area contributed by atoms with Gasteiger partial charge in [-0.3, -0.25) is 4.79 Å². The summed E-state index contributed by atoms with van der Waals surface area (Å²) >= 11 is 1.69. The number of para-hydroxylation sites is 1. The first kappa shape index (κ1) is 23.7. The fourth-order valence-corrected chi connectivity index (χ4v) is 6.62. The van der Waals surface area contributed by atoms with Crippen LogP contribution in [0.3, 0.4) is 0 Å². The van der Waals surface area contributed by atoms with Gasteiger partial charge in [-0.25, -0.2) is 17.7 Å². The molecule has 4 rings (SSSR count). The van der Waals surface area contributed by atoms with Crippen LogP contribution >= 0.6 is 11.3 Å². The topological polar surface area (TPSA) is 88.6 Å². The van der Waals surface area contributed by atoms with Crippen LogP contribution in [0.4, 0.5) is 5.69 Å². The Bertz CT molecular complexity index is 1230. The number of hydrogen-bond donors (Lipinski definition) is 1. The third kappa shape index (κ3) is 5.05. The number of amides is 1. The molecule has 0 radical (unpaired) electrons. The molecule has 3 aromatic rings. The second kappa shape index (κ2) is 9.40. The molecule has 1 amide bonds. The Morgan fingerprint density at radius 2 is 1.91 bits per heavy atom. The van der Waals surface area contributed by atoms with Gasteiger partial charge in [-0.2, -0.15) is 0 Å². The van der Waals surface area contributed by atoms with Crippen molar-refractivity contribution in [2.24, 2.45) is 5.41 Å². The lowest BCUT2D eigenvalue weighted by atomic mass is 9.79. The summed E-state index contributed by atoms with van der Waals surface area (Å²) in [5.74, 6) is 0.281. The van der Waals surface area contributed by atoms with Crippen LogP contribution in [0.2, 0.25) is 0 Å². The molecule has 1 heterocycles. The number of aromatic nitrogens is 1. The number of nitrogens with one attached hydrogen (secondary N) is 1. The highest BCUT2D eigenvalue weighted by molar-refractivity contribution is 7.89. The van der Waals surface area contributed by atoms with Gasteiger partial charge < -0.3 is 10.1 Å². The van der Waals surface area contributed by atoms with Crippen molar-refractivity contribution < 1.29 is 17.9 Å². The van der Waals surface area contributed by atoms with Crippen molar-refractivity contribution in [3.63, 3.8) is 0 Å². The average Bonchev–Trinajstić information content (AvgIpc) is 3.39. The highest BCUT2D eigenvalue weighted by Crippen LogP contribution is 2.45. The predicted octanol–water partition coefficient (Wildman–Crippen LogP) is 4.69. The van der Waals surface area contributed by atoms with Crippen LogP contribution < -0.4 is 10.1 Å². The Kier molecular flexibility index (Phi) is 6.74. The number of hydrogen-bond acceptors (Lipinski definition) is 6.